The van der Waals surface area contributed by atoms with Crippen LogP contribution in [0, 0.1) is 10.1 Å². The zero-order chi connectivity index (χ0) is 15.7. The van der Waals surface area contributed by atoms with Gasteiger partial charge in [-0.3, -0.25) is 14.9 Å². The van der Waals surface area contributed by atoms with E-state index in [0.29, 0.717) is 6.54 Å². The number of hydrogen-bond donors (Lipinski definition) is 1. The standard InChI is InChI=1S/C14H20N2O5/c1-3-7-15-10-11-4-5-13(12(9-11)16(18)19)21-8-6-14(17)20-2/h4-5,9,15H,3,6-8,10H2,1-2H3. The molecule has 0 aliphatic carbocycles. The maximum absolute atomic E-state index is 11.1. The second kappa shape index (κ2) is 8.91. The number of rotatable bonds is 9. The van der Waals surface area contributed by atoms with Gasteiger partial charge in [0, 0.05) is 12.6 Å². The summed E-state index contributed by atoms with van der Waals surface area (Å²) < 4.78 is 9.77. The lowest BCUT2D eigenvalue weighted by molar-refractivity contribution is -0.385. The van der Waals surface area contributed by atoms with Crippen LogP contribution in [0.1, 0.15) is 25.3 Å². The fourth-order valence-corrected chi connectivity index (χ4v) is 1.69. The van der Waals surface area contributed by atoms with Crippen LogP contribution in [0.3, 0.4) is 0 Å². The Morgan fingerprint density at radius 2 is 2.19 bits per heavy atom. The highest BCUT2D eigenvalue weighted by molar-refractivity contribution is 5.69. The lowest BCUT2D eigenvalue weighted by atomic mass is 10.2. The van der Waals surface area contributed by atoms with Crippen molar-refractivity contribution in [1.29, 1.82) is 0 Å². The summed E-state index contributed by atoms with van der Waals surface area (Å²) in [4.78, 5) is 21.6. The summed E-state index contributed by atoms with van der Waals surface area (Å²) in [5.41, 5.74) is 0.714. The van der Waals surface area contributed by atoms with Crippen LogP contribution in [0.5, 0.6) is 5.75 Å². The predicted molar refractivity (Wildman–Crippen MR) is 77.2 cm³/mol. The lowest BCUT2D eigenvalue weighted by Gasteiger charge is -2.08. The average Bonchev–Trinajstić information content (AvgIpc) is 2.48. The summed E-state index contributed by atoms with van der Waals surface area (Å²) in [6, 6.07) is 4.80. The second-order valence-corrected chi connectivity index (χ2v) is 4.41. The van der Waals surface area contributed by atoms with E-state index in [-0.39, 0.29) is 24.5 Å². The Kier molecular flexibility index (Phi) is 7.17. The molecule has 0 atom stereocenters. The van der Waals surface area contributed by atoms with Crippen LogP contribution in [0.4, 0.5) is 5.69 Å². The van der Waals surface area contributed by atoms with Crippen LogP contribution in [-0.2, 0) is 16.1 Å². The number of ether oxygens (including phenoxy) is 2. The SMILES string of the molecule is CCCNCc1ccc(OCCC(=O)OC)c([N+](=O)[O-])c1. The van der Waals surface area contributed by atoms with Crippen molar-refractivity contribution in [3.8, 4) is 5.75 Å². The quantitative estimate of drug-likeness (QED) is 0.324. The maximum atomic E-state index is 11.1. The van der Waals surface area contributed by atoms with Gasteiger partial charge in [-0.05, 0) is 24.6 Å². The molecule has 1 aromatic carbocycles. The first-order valence-electron chi connectivity index (χ1n) is 6.76. The van der Waals surface area contributed by atoms with E-state index >= 15 is 0 Å². The Bertz CT molecular complexity index is 490. The van der Waals surface area contributed by atoms with Gasteiger partial charge in [0.05, 0.1) is 25.1 Å². The predicted octanol–water partition coefficient (Wildman–Crippen LogP) is 2.04. The van der Waals surface area contributed by atoms with Gasteiger partial charge in [-0.15, -0.1) is 0 Å². The average molecular weight is 296 g/mol. The van der Waals surface area contributed by atoms with E-state index in [0.717, 1.165) is 18.5 Å². The van der Waals surface area contributed by atoms with Crippen molar-refractivity contribution < 1.29 is 19.2 Å². The maximum Gasteiger partial charge on any atom is 0.311 e. The Balaban J connectivity index is 2.70. The van der Waals surface area contributed by atoms with Crippen molar-refractivity contribution in [3.63, 3.8) is 0 Å². The number of benzene rings is 1. The summed E-state index contributed by atoms with van der Waals surface area (Å²) in [5, 5.41) is 14.2. The summed E-state index contributed by atoms with van der Waals surface area (Å²) in [7, 11) is 1.28. The van der Waals surface area contributed by atoms with Crippen LogP contribution >= 0.6 is 0 Å². The smallest absolute Gasteiger partial charge is 0.311 e. The molecule has 0 aliphatic heterocycles. The molecule has 0 fully saturated rings. The number of hydrogen-bond acceptors (Lipinski definition) is 6. The monoisotopic (exact) mass is 296 g/mol. The van der Waals surface area contributed by atoms with Gasteiger partial charge >= 0.3 is 11.7 Å². The molecule has 0 aromatic heterocycles. The van der Waals surface area contributed by atoms with Crippen molar-refractivity contribution >= 4 is 11.7 Å². The van der Waals surface area contributed by atoms with Crippen molar-refractivity contribution in [1.82, 2.24) is 5.32 Å². The lowest BCUT2D eigenvalue weighted by Crippen LogP contribution is -2.14. The summed E-state index contributed by atoms with van der Waals surface area (Å²) in [5.74, 6) is -0.263. The number of nitrogens with one attached hydrogen (secondary N) is 1. The van der Waals surface area contributed by atoms with Crippen LogP contribution in [0.2, 0.25) is 0 Å². The molecular formula is C14H20N2O5. The Morgan fingerprint density at radius 1 is 1.43 bits per heavy atom. The Labute approximate surface area is 123 Å². The Morgan fingerprint density at radius 3 is 2.81 bits per heavy atom. The van der Waals surface area contributed by atoms with E-state index in [1.807, 2.05) is 6.92 Å². The molecule has 21 heavy (non-hydrogen) atoms. The highest BCUT2D eigenvalue weighted by atomic mass is 16.6. The van der Waals surface area contributed by atoms with Gasteiger partial charge in [0.1, 0.15) is 0 Å². The van der Waals surface area contributed by atoms with Gasteiger partial charge in [-0.25, -0.2) is 0 Å². The van der Waals surface area contributed by atoms with E-state index in [4.69, 9.17) is 4.74 Å². The molecule has 116 valence electrons. The van der Waals surface area contributed by atoms with E-state index in [9.17, 15) is 14.9 Å². The van der Waals surface area contributed by atoms with E-state index in [1.165, 1.54) is 13.2 Å². The van der Waals surface area contributed by atoms with Gasteiger partial charge in [0.25, 0.3) is 0 Å². The largest absolute Gasteiger partial charge is 0.486 e. The normalized spacial score (nSPS) is 10.2. The molecule has 0 spiro atoms. The number of nitrogens with zero attached hydrogens (tertiary/aromatic N) is 1. The zero-order valence-corrected chi connectivity index (χ0v) is 12.3. The molecule has 0 heterocycles. The minimum atomic E-state index is -0.489. The zero-order valence-electron chi connectivity index (χ0n) is 12.3. The topological polar surface area (TPSA) is 90.7 Å². The molecule has 7 heteroatoms. The van der Waals surface area contributed by atoms with Crippen LogP contribution < -0.4 is 10.1 Å². The molecule has 0 radical (unpaired) electrons. The van der Waals surface area contributed by atoms with Gasteiger partial charge in [0.15, 0.2) is 5.75 Å². The van der Waals surface area contributed by atoms with Crippen molar-refractivity contribution in [3.05, 3.63) is 33.9 Å². The summed E-state index contributed by atoms with van der Waals surface area (Å²) >= 11 is 0. The molecule has 0 aliphatic rings. The first kappa shape index (κ1) is 16.9. The number of carbonyl (C=O) groups is 1. The number of methoxy groups -OCH3 is 1. The molecular weight excluding hydrogens is 276 g/mol. The van der Waals surface area contributed by atoms with Crippen LogP contribution in [0.25, 0.3) is 0 Å². The number of esters is 1. The fraction of sp³-hybridized carbons (Fsp3) is 0.500. The summed E-state index contributed by atoms with van der Waals surface area (Å²) in [6.45, 7) is 3.51. The first-order chi connectivity index (χ1) is 10.1. The third-order valence-electron chi connectivity index (χ3n) is 2.77. The van der Waals surface area contributed by atoms with Crippen molar-refractivity contribution in [2.24, 2.45) is 0 Å². The van der Waals surface area contributed by atoms with E-state index in [1.54, 1.807) is 12.1 Å². The number of carbonyl (C=O) groups excluding carboxylic acids is 1. The molecule has 0 amide bonds. The highest BCUT2D eigenvalue weighted by Crippen LogP contribution is 2.28. The van der Waals surface area contributed by atoms with Crippen LogP contribution in [0.15, 0.2) is 18.2 Å². The fourth-order valence-electron chi connectivity index (χ4n) is 1.69. The third kappa shape index (κ3) is 5.78. The van der Waals surface area contributed by atoms with Gasteiger partial charge in [0.2, 0.25) is 0 Å². The number of nitro groups is 1. The van der Waals surface area contributed by atoms with E-state index in [2.05, 4.69) is 10.1 Å². The van der Waals surface area contributed by atoms with Crippen LogP contribution in [-0.4, -0.2) is 31.2 Å². The number of nitro benzene ring substituents is 1. The molecule has 1 rings (SSSR count). The highest BCUT2D eigenvalue weighted by Gasteiger charge is 2.16. The minimum absolute atomic E-state index is 0.0426. The van der Waals surface area contributed by atoms with Crippen molar-refractivity contribution in [2.45, 2.75) is 26.3 Å². The van der Waals surface area contributed by atoms with Crippen molar-refractivity contribution in [2.75, 3.05) is 20.3 Å². The van der Waals surface area contributed by atoms with Gasteiger partial charge in [-0.1, -0.05) is 13.0 Å². The minimum Gasteiger partial charge on any atom is -0.486 e. The summed E-state index contributed by atoms with van der Waals surface area (Å²) in [6.07, 6.45) is 1.05. The molecule has 1 N–H and O–H groups in total. The molecule has 7 nitrogen and oxygen atoms in total. The molecule has 0 saturated heterocycles. The first-order valence-corrected chi connectivity index (χ1v) is 6.76. The third-order valence-corrected chi connectivity index (χ3v) is 2.77. The van der Waals surface area contributed by atoms with E-state index < -0.39 is 10.9 Å². The Hall–Kier alpha value is -2.15. The molecule has 1 aromatic rings. The second-order valence-electron chi connectivity index (χ2n) is 4.41. The molecule has 0 bridgehead atoms. The molecule has 0 saturated carbocycles. The molecule has 0 unspecified atom stereocenters. The van der Waals surface area contributed by atoms with Gasteiger partial charge < -0.3 is 14.8 Å². The van der Waals surface area contributed by atoms with Gasteiger partial charge in [-0.2, -0.15) is 0 Å².